The molecule has 1 atom stereocenters. The van der Waals surface area contributed by atoms with Crippen molar-refractivity contribution in [2.75, 3.05) is 20.3 Å². The fourth-order valence-electron chi connectivity index (χ4n) is 5.47. The first-order valence-electron chi connectivity index (χ1n) is 13.8. The van der Waals surface area contributed by atoms with Crippen molar-refractivity contribution in [1.29, 1.82) is 0 Å². The van der Waals surface area contributed by atoms with Gasteiger partial charge < -0.3 is 18.5 Å². The fourth-order valence-corrected chi connectivity index (χ4v) is 11.8. The summed E-state index contributed by atoms with van der Waals surface area (Å²) in [6.07, 6.45) is 0.164. The summed E-state index contributed by atoms with van der Waals surface area (Å²) >= 11 is 0. The van der Waals surface area contributed by atoms with Gasteiger partial charge in [-0.15, -0.1) is 0 Å². The van der Waals surface area contributed by atoms with Crippen molar-refractivity contribution in [3.8, 4) is 11.5 Å². The minimum absolute atomic E-state index is 0.0348. The van der Waals surface area contributed by atoms with Crippen LogP contribution in [0.4, 0.5) is 5.69 Å². The average Bonchev–Trinajstić information content (AvgIpc) is 3.19. The van der Waals surface area contributed by atoms with E-state index in [1.54, 1.807) is 0 Å². The molecule has 9 nitrogen and oxygen atoms in total. The lowest BCUT2D eigenvalue weighted by atomic mass is 10.1. The monoisotopic (exact) mass is 580 g/mol. The van der Waals surface area contributed by atoms with Crippen molar-refractivity contribution < 1.29 is 28.1 Å². The van der Waals surface area contributed by atoms with Gasteiger partial charge in [0, 0.05) is 12.5 Å². The first kappa shape index (κ1) is 33.0. The third kappa shape index (κ3) is 6.74. The number of Topliss-reactive ketones (excluding diaryl/α,β-unsaturated/α-hetero) is 1. The third-order valence-corrected chi connectivity index (χ3v) is 19.1. The Morgan fingerprint density at radius 3 is 2.05 bits per heavy atom. The van der Waals surface area contributed by atoms with Gasteiger partial charge in [-0.1, -0.05) is 62.3 Å². The summed E-state index contributed by atoms with van der Waals surface area (Å²) in [5.41, 5.74) is 0.222. The number of benzene rings is 1. The molecule has 0 aliphatic carbocycles. The lowest BCUT2D eigenvalue weighted by molar-refractivity contribution is -0.385. The number of carbonyl (C=O) groups excluding carboxylic acids is 2. The number of hydrogen-bond acceptors (Lipinski definition) is 7. The summed E-state index contributed by atoms with van der Waals surface area (Å²) in [5, 5.41) is 12.2. The number of nitrogens with zero attached hydrogens (tertiary/aromatic N) is 2. The lowest BCUT2D eigenvalue weighted by Crippen LogP contribution is -2.50. The summed E-state index contributed by atoms with van der Waals surface area (Å²) in [5.74, 6) is -0.133. The Balaban J connectivity index is 2.53. The van der Waals surface area contributed by atoms with Gasteiger partial charge in [-0.25, -0.2) is 0 Å². The lowest BCUT2D eigenvalue weighted by Gasteiger charge is -2.42. The number of methoxy groups -OCH3 is 1. The fraction of sp³-hybridized carbons (Fsp3) is 0.714. The van der Waals surface area contributed by atoms with Gasteiger partial charge in [0.05, 0.1) is 37.3 Å². The molecular formula is C28H48N2O7Si2. The van der Waals surface area contributed by atoms with E-state index >= 15 is 0 Å². The van der Waals surface area contributed by atoms with E-state index in [0.717, 1.165) is 0 Å². The zero-order valence-electron chi connectivity index (χ0n) is 25.8. The minimum atomic E-state index is -2.46. The van der Waals surface area contributed by atoms with Crippen LogP contribution in [0, 0.1) is 10.1 Å². The number of ketones is 1. The van der Waals surface area contributed by atoms with Crippen molar-refractivity contribution in [3.63, 3.8) is 0 Å². The third-order valence-electron chi connectivity index (χ3n) is 8.66. The number of ether oxygens (including phenoxy) is 1. The Bertz CT molecular complexity index is 1060. The maximum absolute atomic E-state index is 13.8. The normalized spacial score (nSPS) is 16.9. The van der Waals surface area contributed by atoms with Crippen LogP contribution >= 0.6 is 0 Å². The van der Waals surface area contributed by atoms with Gasteiger partial charge in [0.2, 0.25) is 0 Å². The molecule has 1 aromatic carbocycles. The number of nitro benzene ring substituents is 1. The quantitative estimate of drug-likeness (QED) is 0.158. The Hall–Kier alpha value is -2.25. The Morgan fingerprint density at radius 2 is 1.62 bits per heavy atom. The van der Waals surface area contributed by atoms with E-state index in [1.807, 2.05) is 0 Å². The van der Waals surface area contributed by atoms with Crippen LogP contribution in [-0.4, -0.2) is 64.5 Å². The molecule has 1 heterocycles. The second-order valence-corrected chi connectivity index (χ2v) is 23.3. The zero-order valence-corrected chi connectivity index (χ0v) is 27.8. The van der Waals surface area contributed by atoms with Crippen molar-refractivity contribution in [2.24, 2.45) is 0 Å². The molecule has 0 bridgehead atoms. The Kier molecular flexibility index (Phi) is 10.2. The summed E-state index contributed by atoms with van der Waals surface area (Å²) in [4.78, 5) is 39.3. The number of rotatable bonds is 11. The van der Waals surface area contributed by atoms with Gasteiger partial charge in [0.25, 0.3) is 19.9 Å². The molecule has 1 amide bonds. The highest BCUT2D eigenvalue weighted by Gasteiger charge is 2.48. The summed E-state index contributed by atoms with van der Waals surface area (Å²) in [7, 11) is -3.13. The molecule has 2 rings (SSSR count). The second kappa shape index (κ2) is 12.1. The highest BCUT2D eigenvalue weighted by molar-refractivity contribution is 6.78. The van der Waals surface area contributed by atoms with Crippen molar-refractivity contribution in [2.45, 2.75) is 110 Å². The molecule has 11 heteroatoms. The molecule has 1 aromatic rings. The molecule has 1 aliphatic rings. The Morgan fingerprint density at radius 1 is 1.08 bits per heavy atom. The van der Waals surface area contributed by atoms with Gasteiger partial charge in [0.1, 0.15) is 5.56 Å². The number of nitro groups is 1. The van der Waals surface area contributed by atoms with E-state index in [2.05, 4.69) is 75.4 Å². The number of hydrogen-bond donors (Lipinski definition) is 0. The smallest absolute Gasteiger partial charge is 0.286 e. The van der Waals surface area contributed by atoms with Crippen LogP contribution in [-0.2, 0) is 9.22 Å². The predicted molar refractivity (Wildman–Crippen MR) is 159 cm³/mol. The van der Waals surface area contributed by atoms with Crippen LogP contribution in [0.15, 0.2) is 12.1 Å². The molecule has 1 aliphatic heterocycles. The molecule has 0 radical (unpaired) electrons. The van der Waals surface area contributed by atoms with E-state index in [9.17, 15) is 19.7 Å². The van der Waals surface area contributed by atoms with Crippen LogP contribution in [0.25, 0.3) is 0 Å². The highest BCUT2D eigenvalue weighted by Crippen LogP contribution is 2.46. The maximum Gasteiger partial charge on any atom is 0.286 e. The first-order valence-corrected chi connectivity index (χ1v) is 18.9. The second-order valence-electron chi connectivity index (χ2n) is 13.1. The standard InChI is InChI=1S/C28H48N2O7Si2/c1-18(2)39(19(3)4,20(5)6)37-26-15-24(30(33)34)23(14-25(26)35-10)27(32)29-16-22(31)13-21(29)17-36-38(11,12)28(7,8)9/h14-15,18-21H,13,16-17H2,1-12H3. The van der Waals surface area contributed by atoms with Crippen molar-refractivity contribution in [1.82, 2.24) is 4.90 Å². The molecule has 1 saturated heterocycles. The van der Waals surface area contributed by atoms with Crippen LogP contribution < -0.4 is 9.16 Å². The number of carbonyl (C=O) groups is 2. The van der Waals surface area contributed by atoms with Gasteiger partial charge in [-0.3, -0.25) is 19.7 Å². The summed E-state index contributed by atoms with van der Waals surface area (Å²) < 4.78 is 18.7. The Labute approximate surface area is 236 Å². The minimum Gasteiger partial charge on any atom is -0.540 e. The van der Waals surface area contributed by atoms with E-state index in [1.165, 1.54) is 24.1 Å². The molecule has 0 spiro atoms. The van der Waals surface area contributed by atoms with E-state index in [4.69, 9.17) is 13.6 Å². The maximum atomic E-state index is 13.8. The van der Waals surface area contributed by atoms with E-state index in [-0.39, 0.29) is 69.8 Å². The van der Waals surface area contributed by atoms with Crippen LogP contribution in [0.1, 0.15) is 79.1 Å². The van der Waals surface area contributed by atoms with E-state index in [0.29, 0.717) is 0 Å². The predicted octanol–water partition coefficient (Wildman–Crippen LogP) is 6.96. The molecule has 220 valence electrons. The molecule has 1 fully saturated rings. The number of likely N-dealkylation sites (tertiary alicyclic amines) is 1. The van der Waals surface area contributed by atoms with Gasteiger partial charge >= 0.3 is 0 Å². The van der Waals surface area contributed by atoms with Crippen LogP contribution in [0.5, 0.6) is 11.5 Å². The van der Waals surface area contributed by atoms with E-state index < -0.39 is 33.5 Å². The first-order chi connectivity index (χ1) is 17.8. The summed E-state index contributed by atoms with van der Waals surface area (Å²) in [6, 6.07) is 2.23. The number of amides is 1. The molecule has 1 unspecified atom stereocenters. The van der Waals surface area contributed by atoms with Gasteiger partial charge in [0.15, 0.2) is 25.6 Å². The molecule has 39 heavy (non-hydrogen) atoms. The molecule has 0 N–H and O–H groups in total. The van der Waals surface area contributed by atoms with Crippen molar-refractivity contribution >= 4 is 34.0 Å². The van der Waals surface area contributed by atoms with Gasteiger partial charge in [-0.05, 0) is 34.8 Å². The SMILES string of the molecule is COc1cc(C(=O)N2CC(=O)CC2CO[Si](C)(C)C(C)(C)C)c([N+](=O)[O-])cc1O[Si](C(C)C)(C(C)C)C(C)C. The van der Waals surface area contributed by atoms with Crippen molar-refractivity contribution in [3.05, 3.63) is 27.8 Å². The van der Waals surface area contributed by atoms with Gasteiger partial charge in [-0.2, -0.15) is 0 Å². The average molecular weight is 581 g/mol. The summed E-state index contributed by atoms with van der Waals surface area (Å²) in [6.45, 7) is 23.5. The zero-order chi connectivity index (χ0) is 30.1. The molecule has 0 aromatic heterocycles. The topological polar surface area (TPSA) is 108 Å². The highest BCUT2D eigenvalue weighted by atomic mass is 28.4. The van der Waals surface area contributed by atoms with Crippen LogP contribution in [0.2, 0.25) is 34.8 Å². The molecular weight excluding hydrogens is 532 g/mol. The van der Waals surface area contributed by atoms with Crippen LogP contribution in [0.3, 0.4) is 0 Å². The molecule has 0 saturated carbocycles. The largest absolute Gasteiger partial charge is 0.540 e.